The first-order valence-electron chi connectivity index (χ1n) is 8.53. The summed E-state index contributed by atoms with van der Waals surface area (Å²) in [5, 5.41) is 9.31. The van der Waals surface area contributed by atoms with Gasteiger partial charge in [-0.25, -0.2) is 9.18 Å². The second-order valence-electron chi connectivity index (χ2n) is 6.21. The van der Waals surface area contributed by atoms with E-state index >= 15 is 0 Å². The van der Waals surface area contributed by atoms with Gasteiger partial charge in [-0.3, -0.25) is 4.79 Å². The minimum Gasteiger partial charge on any atom is -0.477 e. The van der Waals surface area contributed by atoms with E-state index < -0.39 is 17.2 Å². The summed E-state index contributed by atoms with van der Waals surface area (Å²) in [6.07, 6.45) is 1.34. The minimum atomic E-state index is -1.30. The molecular formula is C18H22FN3O3. The molecule has 0 unspecified atom stereocenters. The molecule has 134 valence electrons. The maximum atomic E-state index is 14.7. The molecule has 1 fully saturated rings. The first-order chi connectivity index (χ1) is 12.0. The molecule has 0 bridgehead atoms. The van der Waals surface area contributed by atoms with Gasteiger partial charge in [0.05, 0.1) is 11.2 Å². The predicted molar refractivity (Wildman–Crippen MR) is 95.1 cm³/mol. The summed E-state index contributed by atoms with van der Waals surface area (Å²) >= 11 is 0. The average Bonchev–Trinajstić information content (AvgIpc) is 2.62. The van der Waals surface area contributed by atoms with Gasteiger partial charge in [0.2, 0.25) is 5.43 Å². The lowest BCUT2D eigenvalue weighted by Crippen LogP contribution is -2.46. The number of fused-ring (bicyclic) bond motifs is 1. The van der Waals surface area contributed by atoms with Crippen LogP contribution < -0.4 is 10.3 Å². The number of rotatable bonds is 4. The predicted octanol–water partition coefficient (Wildman–Crippen LogP) is 2.00. The van der Waals surface area contributed by atoms with Gasteiger partial charge in [0.1, 0.15) is 11.4 Å². The number of aromatic nitrogens is 1. The summed E-state index contributed by atoms with van der Waals surface area (Å²) in [6.45, 7) is 8.61. The highest BCUT2D eigenvalue weighted by Crippen LogP contribution is 2.26. The largest absolute Gasteiger partial charge is 0.477 e. The highest BCUT2D eigenvalue weighted by Gasteiger charge is 2.21. The van der Waals surface area contributed by atoms with Crippen molar-refractivity contribution in [3.8, 4) is 0 Å². The van der Waals surface area contributed by atoms with Crippen molar-refractivity contribution in [2.24, 2.45) is 0 Å². The van der Waals surface area contributed by atoms with Gasteiger partial charge in [-0.1, -0.05) is 6.92 Å². The smallest absolute Gasteiger partial charge is 0.341 e. The van der Waals surface area contributed by atoms with Crippen LogP contribution in [-0.4, -0.2) is 53.3 Å². The van der Waals surface area contributed by atoms with Crippen LogP contribution in [0.5, 0.6) is 0 Å². The molecule has 1 aliphatic rings. The molecule has 6 nitrogen and oxygen atoms in total. The van der Waals surface area contributed by atoms with Gasteiger partial charge in [0, 0.05) is 44.3 Å². The third-order valence-corrected chi connectivity index (χ3v) is 4.88. The van der Waals surface area contributed by atoms with Gasteiger partial charge in [0.25, 0.3) is 0 Å². The fourth-order valence-corrected chi connectivity index (χ4v) is 3.36. The number of hydrogen-bond donors (Lipinski definition) is 1. The number of aromatic carboxylic acids is 1. The lowest BCUT2D eigenvalue weighted by molar-refractivity contribution is 0.0695. The second kappa shape index (κ2) is 6.84. The van der Waals surface area contributed by atoms with Crippen molar-refractivity contribution in [3.05, 3.63) is 39.9 Å². The number of carbonyl (C=O) groups is 1. The van der Waals surface area contributed by atoms with Crippen molar-refractivity contribution < 1.29 is 14.3 Å². The summed E-state index contributed by atoms with van der Waals surface area (Å²) in [5.41, 5.74) is 0.0475. The van der Waals surface area contributed by atoms with Crippen molar-refractivity contribution in [3.63, 3.8) is 0 Å². The van der Waals surface area contributed by atoms with Gasteiger partial charge in [-0.2, -0.15) is 0 Å². The van der Waals surface area contributed by atoms with Crippen LogP contribution in [0, 0.1) is 5.82 Å². The van der Waals surface area contributed by atoms with Crippen LogP contribution in [0.15, 0.2) is 23.1 Å². The van der Waals surface area contributed by atoms with Gasteiger partial charge in [-0.15, -0.1) is 0 Å². The van der Waals surface area contributed by atoms with Gasteiger partial charge >= 0.3 is 5.97 Å². The molecule has 1 aromatic carbocycles. The molecule has 0 saturated carbocycles. The summed E-state index contributed by atoms with van der Waals surface area (Å²) in [5.74, 6) is -1.78. The van der Waals surface area contributed by atoms with Crippen molar-refractivity contribution in [1.29, 1.82) is 0 Å². The maximum absolute atomic E-state index is 14.7. The van der Waals surface area contributed by atoms with Crippen molar-refractivity contribution in [1.82, 2.24) is 9.47 Å². The number of aryl methyl sites for hydroxylation is 1. The van der Waals surface area contributed by atoms with Gasteiger partial charge < -0.3 is 19.5 Å². The monoisotopic (exact) mass is 347 g/mol. The quantitative estimate of drug-likeness (QED) is 0.916. The molecule has 25 heavy (non-hydrogen) atoms. The Labute approximate surface area is 145 Å². The number of anilines is 1. The zero-order valence-corrected chi connectivity index (χ0v) is 14.5. The summed E-state index contributed by atoms with van der Waals surface area (Å²) in [7, 11) is 0. The van der Waals surface area contributed by atoms with E-state index in [4.69, 9.17) is 0 Å². The third kappa shape index (κ3) is 3.11. The van der Waals surface area contributed by atoms with Gasteiger partial charge in [0.15, 0.2) is 0 Å². The normalized spacial score (nSPS) is 15.7. The third-order valence-electron chi connectivity index (χ3n) is 4.88. The van der Waals surface area contributed by atoms with Crippen molar-refractivity contribution in [2.75, 3.05) is 37.6 Å². The summed E-state index contributed by atoms with van der Waals surface area (Å²) < 4.78 is 16.4. The Morgan fingerprint density at radius 1 is 1.16 bits per heavy atom. The number of piperazine rings is 1. The van der Waals surface area contributed by atoms with E-state index in [1.165, 1.54) is 12.3 Å². The molecule has 3 rings (SSSR count). The number of hydrogen-bond acceptors (Lipinski definition) is 4. The molecule has 1 saturated heterocycles. The number of carboxylic acids is 1. The van der Waals surface area contributed by atoms with E-state index in [1.54, 1.807) is 10.6 Å². The highest BCUT2D eigenvalue weighted by molar-refractivity contribution is 5.93. The highest BCUT2D eigenvalue weighted by atomic mass is 19.1. The van der Waals surface area contributed by atoms with E-state index in [1.807, 2.05) is 11.8 Å². The fourth-order valence-electron chi connectivity index (χ4n) is 3.36. The number of likely N-dealkylation sites (N-methyl/N-ethyl adjacent to an activating group) is 1. The summed E-state index contributed by atoms with van der Waals surface area (Å²) in [6, 6.07) is 2.85. The molecule has 0 spiro atoms. The number of nitrogens with zero attached hydrogens (tertiary/aromatic N) is 3. The molecular weight excluding hydrogens is 325 g/mol. The Kier molecular flexibility index (Phi) is 4.76. The zero-order valence-electron chi connectivity index (χ0n) is 14.5. The maximum Gasteiger partial charge on any atom is 0.341 e. The molecule has 0 radical (unpaired) electrons. The van der Waals surface area contributed by atoms with Crippen LogP contribution in [0.25, 0.3) is 10.9 Å². The van der Waals surface area contributed by atoms with Crippen LogP contribution in [0.2, 0.25) is 0 Å². The van der Waals surface area contributed by atoms with Gasteiger partial charge in [-0.05, 0) is 25.6 Å². The Bertz CT molecular complexity index is 870. The number of halogens is 1. The standard InChI is InChI=1S/C18H22FN3O3/c1-3-20-5-7-22(8-6-20)16-10-15-12(9-14(16)19)17(23)13(18(24)25)11-21(15)4-2/h9-11H,3-8H2,1-2H3,(H,24,25). The summed E-state index contributed by atoms with van der Waals surface area (Å²) in [4.78, 5) is 27.9. The lowest BCUT2D eigenvalue weighted by Gasteiger charge is -2.35. The Morgan fingerprint density at radius 2 is 1.84 bits per heavy atom. The number of carboxylic acid groups (broad SMARTS) is 1. The van der Waals surface area contributed by atoms with Crippen molar-refractivity contribution in [2.45, 2.75) is 20.4 Å². The second-order valence-corrected chi connectivity index (χ2v) is 6.21. The lowest BCUT2D eigenvalue weighted by atomic mass is 10.1. The molecule has 0 atom stereocenters. The van der Waals surface area contributed by atoms with E-state index in [2.05, 4.69) is 11.8 Å². The molecule has 2 heterocycles. The molecule has 1 aromatic heterocycles. The molecule has 1 N–H and O–H groups in total. The zero-order chi connectivity index (χ0) is 18.1. The Balaban J connectivity index is 2.11. The van der Waals surface area contributed by atoms with Crippen LogP contribution >= 0.6 is 0 Å². The van der Waals surface area contributed by atoms with E-state index in [9.17, 15) is 19.1 Å². The average molecular weight is 347 g/mol. The first kappa shape index (κ1) is 17.4. The molecule has 1 aliphatic heterocycles. The molecule has 0 aliphatic carbocycles. The van der Waals surface area contributed by atoms with Crippen LogP contribution in [0.1, 0.15) is 24.2 Å². The molecule has 2 aromatic rings. The number of benzene rings is 1. The van der Waals surface area contributed by atoms with E-state index in [0.29, 0.717) is 17.7 Å². The first-order valence-corrected chi connectivity index (χ1v) is 8.53. The molecule has 7 heteroatoms. The SMILES string of the molecule is CCN1CCN(c2cc3c(cc2F)c(=O)c(C(=O)O)cn3CC)CC1. The van der Waals surface area contributed by atoms with Crippen LogP contribution in [-0.2, 0) is 6.54 Å². The number of pyridine rings is 1. The van der Waals surface area contributed by atoms with E-state index in [-0.39, 0.29) is 10.9 Å². The fraction of sp³-hybridized carbons (Fsp3) is 0.444. The van der Waals surface area contributed by atoms with Crippen LogP contribution in [0.3, 0.4) is 0 Å². The van der Waals surface area contributed by atoms with E-state index in [0.717, 1.165) is 32.7 Å². The minimum absolute atomic E-state index is 0.107. The molecule has 0 amide bonds. The van der Waals surface area contributed by atoms with Crippen molar-refractivity contribution >= 4 is 22.6 Å². The Morgan fingerprint density at radius 3 is 2.40 bits per heavy atom. The van der Waals surface area contributed by atoms with Crippen LogP contribution in [0.4, 0.5) is 10.1 Å². The Hall–Kier alpha value is -2.41. The topological polar surface area (TPSA) is 65.8 Å².